The molecular weight excluding hydrogens is 473 g/mol. The highest BCUT2D eigenvalue weighted by Crippen LogP contribution is 2.39. The van der Waals surface area contributed by atoms with Gasteiger partial charge in [0, 0.05) is 11.3 Å². The van der Waals surface area contributed by atoms with Crippen molar-refractivity contribution in [2.45, 2.75) is 19.9 Å². The molecule has 0 saturated heterocycles. The van der Waals surface area contributed by atoms with Crippen LogP contribution >= 0.6 is 12.2 Å². The number of aryl methyl sites for hydroxylation is 1. The molecular formula is C26H19F3N4OS. The minimum absolute atomic E-state index is 0.142. The van der Waals surface area contributed by atoms with Crippen molar-refractivity contribution in [1.82, 2.24) is 15.5 Å². The van der Waals surface area contributed by atoms with Crippen LogP contribution in [0.15, 0.2) is 77.0 Å². The molecule has 1 aromatic heterocycles. The van der Waals surface area contributed by atoms with Crippen molar-refractivity contribution in [1.29, 1.82) is 0 Å². The number of aromatic nitrogens is 2. The number of anilines is 1. The Morgan fingerprint density at radius 2 is 1.69 bits per heavy atom. The second-order valence-electron chi connectivity index (χ2n) is 8.14. The van der Waals surface area contributed by atoms with Crippen LogP contribution in [0.25, 0.3) is 17.0 Å². The predicted molar refractivity (Wildman–Crippen MR) is 131 cm³/mol. The molecule has 1 atom stereocenters. The van der Waals surface area contributed by atoms with Gasteiger partial charge in [-0.3, -0.25) is 4.90 Å². The number of hydrogen-bond donors (Lipinski definition) is 1. The smallest absolute Gasteiger partial charge is 0.258 e. The number of rotatable bonds is 4. The summed E-state index contributed by atoms with van der Waals surface area (Å²) in [6.45, 7) is 3.46. The Labute approximate surface area is 204 Å². The van der Waals surface area contributed by atoms with Gasteiger partial charge in [-0.2, -0.15) is 4.98 Å². The number of nitrogens with one attached hydrogen (secondary N) is 1. The van der Waals surface area contributed by atoms with Gasteiger partial charge in [0.15, 0.2) is 5.11 Å². The Bertz CT molecular complexity index is 1480. The molecule has 35 heavy (non-hydrogen) atoms. The van der Waals surface area contributed by atoms with Gasteiger partial charge in [0.2, 0.25) is 5.82 Å². The van der Waals surface area contributed by atoms with Crippen LogP contribution in [0.3, 0.4) is 0 Å². The molecule has 1 N–H and O–H groups in total. The van der Waals surface area contributed by atoms with Gasteiger partial charge in [0.1, 0.15) is 17.5 Å². The van der Waals surface area contributed by atoms with Gasteiger partial charge in [-0.1, -0.05) is 35.5 Å². The van der Waals surface area contributed by atoms with Crippen molar-refractivity contribution in [3.8, 4) is 11.4 Å². The number of benzene rings is 3. The zero-order chi connectivity index (χ0) is 24.7. The molecule has 5 nitrogen and oxygen atoms in total. The molecule has 176 valence electrons. The SMILES string of the molecule is CC1=C(c2nc(-c3cccc(F)c3)no2)C(c2cccc(F)c2)NC(=S)N1c1ccc(C)c(F)c1. The van der Waals surface area contributed by atoms with E-state index in [1.165, 1.54) is 30.3 Å². The van der Waals surface area contributed by atoms with E-state index in [-0.39, 0.29) is 17.5 Å². The van der Waals surface area contributed by atoms with Crippen LogP contribution in [-0.4, -0.2) is 15.3 Å². The van der Waals surface area contributed by atoms with E-state index in [1.54, 1.807) is 55.1 Å². The van der Waals surface area contributed by atoms with Crippen LogP contribution in [0.1, 0.15) is 30.0 Å². The Balaban J connectivity index is 1.67. The van der Waals surface area contributed by atoms with Crippen molar-refractivity contribution in [2.24, 2.45) is 0 Å². The molecule has 5 rings (SSSR count). The van der Waals surface area contributed by atoms with Crippen molar-refractivity contribution in [2.75, 3.05) is 4.90 Å². The number of nitrogens with zero attached hydrogens (tertiary/aromatic N) is 3. The molecule has 0 aliphatic carbocycles. The molecule has 3 aromatic carbocycles. The highest BCUT2D eigenvalue weighted by molar-refractivity contribution is 7.80. The first-order valence-electron chi connectivity index (χ1n) is 10.7. The van der Waals surface area contributed by atoms with Gasteiger partial charge < -0.3 is 9.84 Å². The Kier molecular flexibility index (Phi) is 5.86. The third-order valence-corrected chi connectivity index (χ3v) is 6.12. The lowest BCUT2D eigenvalue weighted by molar-refractivity contribution is 0.404. The van der Waals surface area contributed by atoms with E-state index in [0.717, 1.165) is 0 Å². The maximum Gasteiger partial charge on any atom is 0.258 e. The summed E-state index contributed by atoms with van der Waals surface area (Å²) in [4.78, 5) is 6.16. The topological polar surface area (TPSA) is 54.2 Å². The van der Waals surface area contributed by atoms with E-state index in [0.29, 0.717) is 38.8 Å². The molecule has 0 spiro atoms. The first kappa shape index (κ1) is 22.8. The lowest BCUT2D eigenvalue weighted by atomic mass is 9.94. The summed E-state index contributed by atoms with van der Waals surface area (Å²) in [7, 11) is 0. The lowest BCUT2D eigenvalue weighted by Gasteiger charge is -2.37. The standard InChI is InChI=1S/C26H19F3N4OS/c1-14-9-10-20(13-21(14)29)33-15(2)22(23(30-26(33)35)16-5-3-7-18(27)11-16)25-31-24(32-34-25)17-6-4-8-19(28)12-17/h3-13,23H,1-2H3,(H,30,35). The van der Waals surface area contributed by atoms with Gasteiger partial charge in [-0.05, 0) is 73.6 Å². The summed E-state index contributed by atoms with van der Waals surface area (Å²) in [5.74, 6) is -0.888. The van der Waals surface area contributed by atoms with Crippen LogP contribution in [0.5, 0.6) is 0 Å². The van der Waals surface area contributed by atoms with Crippen LogP contribution in [0.2, 0.25) is 0 Å². The molecule has 0 fully saturated rings. The highest BCUT2D eigenvalue weighted by atomic mass is 32.1. The number of allylic oxidation sites excluding steroid dienone is 1. The highest BCUT2D eigenvalue weighted by Gasteiger charge is 2.35. The third kappa shape index (κ3) is 4.30. The molecule has 9 heteroatoms. The van der Waals surface area contributed by atoms with Crippen LogP contribution < -0.4 is 10.2 Å². The number of halogens is 3. The van der Waals surface area contributed by atoms with Crippen molar-refractivity contribution < 1.29 is 17.7 Å². The van der Waals surface area contributed by atoms with Crippen LogP contribution in [0, 0.1) is 24.4 Å². The van der Waals surface area contributed by atoms with E-state index in [4.69, 9.17) is 16.7 Å². The average molecular weight is 493 g/mol. The Morgan fingerprint density at radius 1 is 0.943 bits per heavy atom. The fourth-order valence-corrected chi connectivity index (χ4v) is 4.43. The van der Waals surface area contributed by atoms with E-state index in [9.17, 15) is 13.2 Å². The van der Waals surface area contributed by atoms with E-state index >= 15 is 0 Å². The molecule has 4 aromatic rings. The zero-order valence-corrected chi connectivity index (χ0v) is 19.5. The summed E-state index contributed by atoms with van der Waals surface area (Å²) in [5, 5.41) is 7.53. The summed E-state index contributed by atoms with van der Waals surface area (Å²) >= 11 is 5.63. The number of hydrogen-bond acceptors (Lipinski definition) is 4. The van der Waals surface area contributed by atoms with Gasteiger partial charge >= 0.3 is 0 Å². The van der Waals surface area contributed by atoms with Gasteiger partial charge in [-0.15, -0.1) is 0 Å². The minimum atomic E-state index is -0.620. The fraction of sp³-hybridized carbons (Fsp3) is 0.115. The van der Waals surface area contributed by atoms with Crippen molar-refractivity contribution in [3.05, 3.63) is 107 Å². The first-order chi connectivity index (χ1) is 16.8. The lowest BCUT2D eigenvalue weighted by Crippen LogP contribution is -2.46. The summed E-state index contributed by atoms with van der Waals surface area (Å²) in [5.41, 5.74) is 3.16. The normalized spacial score (nSPS) is 16.0. The van der Waals surface area contributed by atoms with Gasteiger partial charge in [-0.25, -0.2) is 13.2 Å². The second kappa shape index (κ2) is 8.99. The largest absolute Gasteiger partial charge is 0.351 e. The van der Waals surface area contributed by atoms with Crippen molar-refractivity contribution in [3.63, 3.8) is 0 Å². The van der Waals surface area contributed by atoms with Gasteiger partial charge in [0.05, 0.1) is 17.3 Å². The molecule has 1 unspecified atom stereocenters. The third-order valence-electron chi connectivity index (χ3n) is 5.82. The molecule has 0 radical (unpaired) electrons. The summed E-state index contributed by atoms with van der Waals surface area (Å²) in [6.07, 6.45) is 0. The van der Waals surface area contributed by atoms with Crippen molar-refractivity contribution >= 4 is 28.6 Å². The maximum atomic E-state index is 14.4. The molecule has 2 heterocycles. The molecule has 0 saturated carbocycles. The van der Waals surface area contributed by atoms with E-state index < -0.39 is 17.7 Å². The molecule has 0 amide bonds. The van der Waals surface area contributed by atoms with Crippen LogP contribution in [-0.2, 0) is 0 Å². The van der Waals surface area contributed by atoms with E-state index in [2.05, 4.69) is 15.5 Å². The molecule has 1 aliphatic rings. The average Bonchev–Trinajstić information content (AvgIpc) is 3.31. The molecule has 0 bridgehead atoms. The monoisotopic (exact) mass is 492 g/mol. The Morgan fingerprint density at radius 3 is 2.40 bits per heavy atom. The number of thiocarbonyl (C=S) groups is 1. The first-order valence-corrected chi connectivity index (χ1v) is 11.2. The van der Waals surface area contributed by atoms with Gasteiger partial charge in [0.25, 0.3) is 5.89 Å². The Hall–Kier alpha value is -3.98. The summed E-state index contributed by atoms with van der Waals surface area (Å²) in [6, 6.07) is 16.1. The molecule has 1 aliphatic heterocycles. The van der Waals surface area contributed by atoms with E-state index in [1.807, 2.05) is 0 Å². The second-order valence-corrected chi connectivity index (χ2v) is 8.53. The minimum Gasteiger partial charge on any atom is -0.351 e. The summed E-state index contributed by atoms with van der Waals surface area (Å²) < 4.78 is 47.9. The maximum absolute atomic E-state index is 14.4. The fourth-order valence-electron chi connectivity index (χ4n) is 4.07. The predicted octanol–water partition coefficient (Wildman–Crippen LogP) is 6.33. The quantitative estimate of drug-likeness (QED) is 0.336. The van der Waals surface area contributed by atoms with Crippen LogP contribution in [0.4, 0.5) is 18.9 Å². The zero-order valence-electron chi connectivity index (χ0n) is 18.7.